The van der Waals surface area contributed by atoms with Gasteiger partial charge in [0.1, 0.15) is 18.1 Å². The summed E-state index contributed by atoms with van der Waals surface area (Å²) in [5.74, 6) is 0.415. The number of benzene rings is 1. The number of esters is 1. The van der Waals surface area contributed by atoms with Crippen molar-refractivity contribution in [2.45, 2.75) is 13.5 Å². The Hall–Kier alpha value is -3.03. The number of anilines is 1. The predicted octanol–water partition coefficient (Wildman–Crippen LogP) is 2.23. The number of halogens is 1. The van der Waals surface area contributed by atoms with E-state index < -0.39 is 5.97 Å². The van der Waals surface area contributed by atoms with Crippen LogP contribution in [-0.2, 0) is 11.3 Å². The Morgan fingerprint density at radius 2 is 1.89 bits per heavy atom. The van der Waals surface area contributed by atoms with Gasteiger partial charge in [0.05, 0.1) is 6.61 Å². The molecule has 2 N–H and O–H groups in total. The molecule has 3 rings (SSSR count). The Morgan fingerprint density at radius 3 is 2.56 bits per heavy atom. The van der Waals surface area contributed by atoms with Crippen molar-refractivity contribution in [3.05, 3.63) is 53.7 Å². The smallest absolute Gasteiger partial charge is 0.374 e. The lowest BCUT2D eigenvalue weighted by molar-refractivity contribution is 0.0488. The number of carbonyl (C=O) groups is 1. The number of piperazine rings is 1. The number of nitrogens with two attached hydrogens (primary N) is 1. The first kappa shape index (κ1) is 18.8. The lowest BCUT2D eigenvalue weighted by atomic mass is 10.2. The summed E-state index contributed by atoms with van der Waals surface area (Å²) < 4.78 is 23.4. The highest BCUT2D eigenvalue weighted by Gasteiger charge is 2.19. The van der Waals surface area contributed by atoms with E-state index in [0.29, 0.717) is 18.3 Å². The van der Waals surface area contributed by atoms with Crippen LogP contribution in [0.15, 0.2) is 45.8 Å². The number of hydrogen-bond acceptors (Lipinski definition) is 5. The van der Waals surface area contributed by atoms with Crippen LogP contribution in [0.2, 0.25) is 0 Å². The van der Waals surface area contributed by atoms with Gasteiger partial charge in [-0.3, -0.25) is 0 Å². The Kier molecular flexibility index (Phi) is 5.95. The fourth-order valence-corrected chi connectivity index (χ4v) is 2.88. The van der Waals surface area contributed by atoms with Crippen molar-refractivity contribution >= 4 is 17.6 Å². The van der Waals surface area contributed by atoms with Crippen LogP contribution in [0.1, 0.15) is 23.2 Å². The molecule has 1 aliphatic heterocycles. The van der Waals surface area contributed by atoms with Gasteiger partial charge in [0, 0.05) is 31.9 Å². The third kappa shape index (κ3) is 4.78. The zero-order valence-corrected chi connectivity index (χ0v) is 15.2. The van der Waals surface area contributed by atoms with E-state index in [0.717, 1.165) is 31.9 Å². The maximum absolute atomic E-state index is 13.0. The Labute approximate surface area is 157 Å². The molecule has 144 valence electrons. The van der Waals surface area contributed by atoms with Crippen molar-refractivity contribution in [2.24, 2.45) is 10.7 Å². The zero-order chi connectivity index (χ0) is 19.2. The molecule has 27 heavy (non-hydrogen) atoms. The number of furan rings is 1. The average Bonchev–Trinajstić information content (AvgIpc) is 3.16. The summed E-state index contributed by atoms with van der Waals surface area (Å²) in [6.07, 6.45) is 0. The summed E-state index contributed by atoms with van der Waals surface area (Å²) in [7, 11) is 0. The van der Waals surface area contributed by atoms with Crippen LogP contribution in [0.3, 0.4) is 0 Å². The quantitative estimate of drug-likeness (QED) is 0.491. The molecule has 2 aromatic rings. The van der Waals surface area contributed by atoms with Crippen molar-refractivity contribution in [1.82, 2.24) is 4.90 Å². The van der Waals surface area contributed by atoms with Crippen LogP contribution < -0.4 is 10.6 Å². The molecular formula is C19H23FN4O3. The summed E-state index contributed by atoms with van der Waals surface area (Å²) in [6.45, 7) is 5.28. The van der Waals surface area contributed by atoms with Gasteiger partial charge in [-0.1, -0.05) is 0 Å². The first-order chi connectivity index (χ1) is 13.1. The van der Waals surface area contributed by atoms with Gasteiger partial charge in [0.25, 0.3) is 0 Å². The summed E-state index contributed by atoms with van der Waals surface area (Å²) in [6, 6.07) is 9.74. The minimum absolute atomic E-state index is 0.161. The molecule has 1 aliphatic rings. The molecule has 7 nitrogen and oxygen atoms in total. The van der Waals surface area contributed by atoms with Gasteiger partial charge in [0.2, 0.25) is 5.76 Å². The Morgan fingerprint density at radius 1 is 1.19 bits per heavy atom. The van der Waals surface area contributed by atoms with Gasteiger partial charge in [0.15, 0.2) is 5.96 Å². The molecule has 0 bridgehead atoms. The minimum Gasteiger partial charge on any atom is -0.460 e. The first-order valence-corrected chi connectivity index (χ1v) is 8.88. The van der Waals surface area contributed by atoms with E-state index in [2.05, 4.69) is 9.89 Å². The number of aliphatic imine (C=N–C) groups is 1. The second-order valence-corrected chi connectivity index (χ2v) is 6.11. The largest absolute Gasteiger partial charge is 0.460 e. The summed E-state index contributed by atoms with van der Waals surface area (Å²) >= 11 is 0. The van der Waals surface area contributed by atoms with E-state index in [1.165, 1.54) is 12.1 Å². The molecule has 0 radical (unpaired) electrons. The van der Waals surface area contributed by atoms with Crippen molar-refractivity contribution in [3.8, 4) is 0 Å². The standard InChI is InChI=1S/C19H23FN4O3/c1-2-26-18(25)17-8-7-16(27-17)13-22-19(21)24-11-9-23(10-12-24)15-5-3-14(20)4-6-15/h3-8H,2,9-13H2,1H3,(H2,21,22). The van der Waals surface area contributed by atoms with Crippen LogP contribution >= 0.6 is 0 Å². The Bertz CT molecular complexity index is 796. The number of rotatable bonds is 5. The third-order valence-electron chi connectivity index (χ3n) is 4.33. The van der Waals surface area contributed by atoms with Gasteiger partial charge in [-0.2, -0.15) is 0 Å². The second kappa shape index (κ2) is 8.57. The lowest BCUT2D eigenvalue weighted by Crippen LogP contribution is -2.51. The predicted molar refractivity (Wildman–Crippen MR) is 100 cm³/mol. The van der Waals surface area contributed by atoms with Gasteiger partial charge in [-0.25, -0.2) is 14.2 Å². The van der Waals surface area contributed by atoms with Crippen LogP contribution in [-0.4, -0.2) is 49.6 Å². The monoisotopic (exact) mass is 374 g/mol. The normalized spacial score (nSPS) is 15.1. The molecule has 0 amide bonds. The van der Waals surface area contributed by atoms with E-state index >= 15 is 0 Å². The number of nitrogens with zero attached hydrogens (tertiary/aromatic N) is 3. The van der Waals surface area contributed by atoms with Gasteiger partial charge in [-0.15, -0.1) is 0 Å². The highest BCUT2D eigenvalue weighted by molar-refractivity contribution is 5.86. The van der Waals surface area contributed by atoms with Gasteiger partial charge < -0.3 is 24.7 Å². The maximum atomic E-state index is 13.0. The fourth-order valence-electron chi connectivity index (χ4n) is 2.88. The SMILES string of the molecule is CCOC(=O)c1ccc(CN=C(N)N2CCN(c3ccc(F)cc3)CC2)o1. The van der Waals surface area contributed by atoms with E-state index in [4.69, 9.17) is 14.9 Å². The van der Waals surface area contributed by atoms with E-state index in [-0.39, 0.29) is 18.1 Å². The average molecular weight is 374 g/mol. The van der Waals surface area contributed by atoms with E-state index in [1.807, 2.05) is 4.90 Å². The highest BCUT2D eigenvalue weighted by Crippen LogP contribution is 2.17. The number of guanidine groups is 1. The molecule has 0 saturated carbocycles. The molecule has 1 saturated heterocycles. The highest BCUT2D eigenvalue weighted by atomic mass is 19.1. The Balaban J connectivity index is 1.52. The van der Waals surface area contributed by atoms with Crippen LogP contribution in [0.5, 0.6) is 0 Å². The molecule has 2 heterocycles. The molecule has 1 aromatic heterocycles. The molecule has 0 atom stereocenters. The van der Waals surface area contributed by atoms with Crippen LogP contribution in [0, 0.1) is 5.82 Å². The summed E-state index contributed by atoms with van der Waals surface area (Å²) in [5.41, 5.74) is 7.08. The first-order valence-electron chi connectivity index (χ1n) is 8.88. The van der Waals surface area contributed by atoms with Crippen LogP contribution in [0.4, 0.5) is 10.1 Å². The van der Waals surface area contributed by atoms with Gasteiger partial charge >= 0.3 is 5.97 Å². The van der Waals surface area contributed by atoms with Crippen molar-refractivity contribution in [2.75, 3.05) is 37.7 Å². The van der Waals surface area contributed by atoms with E-state index in [9.17, 15) is 9.18 Å². The number of carbonyl (C=O) groups excluding carboxylic acids is 1. The molecular weight excluding hydrogens is 351 g/mol. The molecule has 1 fully saturated rings. The third-order valence-corrected chi connectivity index (χ3v) is 4.33. The molecule has 0 aliphatic carbocycles. The molecule has 8 heteroatoms. The van der Waals surface area contributed by atoms with Gasteiger partial charge in [-0.05, 0) is 43.3 Å². The van der Waals surface area contributed by atoms with Crippen molar-refractivity contribution < 1.29 is 18.3 Å². The van der Waals surface area contributed by atoms with Crippen molar-refractivity contribution in [1.29, 1.82) is 0 Å². The zero-order valence-electron chi connectivity index (χ0n) is 15.2. The van der Waals surface area contributed by atoms with E-state index in [1.54, 1.807) is 31.2 Å². The molecule has 0 unspecified atom stereocenters. The lowest BCUT2D eigenvalue weighted by Gasteiger charge is -2.36. The second-order valence-electron chi connectivity index (χ2n) is 6.11. The summed E-state index contributed by atoms with van der Waals surface area (Å²) in [4.78, 5) is 20.1. The number of hydrogen-bond donors (Lipinski definition) is 1. The minimum atomic E-state index is -0.488. The maximum Gasteiger partial charge on any atom is 0.374 e. The summed E-state index contributed by atoms with van der Waals surface area (Å²) in [5, 5.41) is 0. The topological polar surface area (TPSA) is 84.3 Å². The number of ether oxygens (including phenoxy) is 1. The fraction of sp³-hybridized carbons (Fsp3) is 0.368. The molecule has 1 aromatic carbocycles. The van der Waals surface area contributed by atoms with Crippen LogP contribution in [0.25, 0.3) is 0 Å². The molecule has 0 spiro atoms. The van der Waals surface area contributed by atoms with Crippen molar-refractivity contribution in [3.63, 3.8) is 0 Å².